The predicted octanol–water partition coefficient (Wildman–Crippen LogP) is -4.82. The van der Waals surface area contributed by atoms with Crippen LogP contribution in [0.1, 0.15) is 0 Å². The summed E-state index contributed by atoms with van der Waals surface area (Å²) >= 11 is 0. The van der Waals surface area contributed by atoms with Gasteiger partial charge in [0.05, 0.1) is 0 Å². The first-order valence-corrected chi connectivity index (χ1v) is 15.1. The molecule has 11 heteroatoms. The molecule has 3 rings (SSSR count). The summed E-state index contributed by atoms with van der Waals surface area (Å²) < 4.78 is 4.59. The van der Waals surface area contributed by atoms with Gasteiger partial charge < -0.3 is 45.7 Å². The summed E-state index contributed by atoms with van der Waals surface area (Å²) in [4.78, 5) is 14.0. The Morgan fingerprint density at radius 2 is 1.04 bits per heavy atom. The van der Waals surface area contributed by atoms with Crippen LogP contribution >= 0.6 is 0 Å². The smallest absolute Gasteiger partial charge is 1.00 e. The summed E-state index contributed by atoms with van der Waals surface area (Å²) in [6, 6.07) is 6.11. The number of halogens is 3. The van der Waals surface area contributed by atoms with Crippen molar-refractivity contribution < 1.29 is 55.8 Å². The van der Waals surface area contributed by atoms with Crippen molar-refractivity contribution in [1.82, 2.24) is 23.4 Å². The van der Waals surface area contributed by atoms with Gasteiger partial charge in [-0.25, -0.2) is 15.0 Å². The Morgan fingerprint density at radius 3 is 1.36 bits per heavy atom. The summed E-state index contributed by atoms with van der Waals surface area (Å²) in [5, 5.41) is 0. The fourth-order valence-corrected chi connectivity index (χ4v) is 5.40. The van der Waals surface area contributed by atoms with E-state index in [1.54, 1.807) is 0 Å². The topological polar surface area (TPSA) is 48.5 Å². The number of hydrogen-bond donors (Lipinski definition) is 0. The second-order valence-corrected chi connectivity index (χ2v) is 17.6. The Balaban J connectivity index is 0. The third-order valence-electron chi connectivity index (χ3n) is 3.93. The van der Waals surface area contributed by atoms with Gasteiger partial charge in [-0.05, 0) is 12.1 Å². The molecule has 5 nitrogen and oxygen atoms in total. The zero-order chi connectivity index (χ0) is 17.5. The van der Waals surface area contributed by atoms with Gasteiger partial charge >= 0.3 is 18.6 Å². The molecule has 0 N–H and O–H groups in total. The molecule has 28 heavy (non-hydrogen) atoms. The van der Waals surface area contributed by atoms with Gasteiger partial charge in [-0.2, -0.15) is 0 Å². The third-order valence-corrected chi connectivity index (χ3v) is 7.55. The van der Waals surface area contributed by atoms with Crippen molar-refractivity contribution >= 4 is 16.5 Å². The third kappa shape index (κ3) is 6.23. The summed E-state index contributed by atoms with van der Waals surface area (Å²) in [5.41, 5.74) is 1.81. The van der Waals surface area contributed by atoms with Gasteiger partial charge in [0, 0.05) is 24.8 Å². The Labute approximate surface area is 200 Å². The van der Waals surface area contributed by atoms with Gasteiger partial charge in [0.1, 0.15) is 11.4 Å². The van der Waals surface area contributed by atoms with Gasteiger partial charge in [-0.15, -0.1) is 0 Å². The van der Waals surface area contributed by atoms with Crippen molar-refractivity contribution in [3.63, 3.8) is 0 Å². The molecule has 0 saturated heterocycles. The number of imidazole rings is 2. The van der Waals surface area contributed by atoms with Crippen molar-refractivity contribution in [3.8, 4) is 23.0 Å². The Morgan fingerprint density at radius 1 is 0.679 bits per heavy atom. The standard InChI is InChI=1S/C17H25N5Si2.3ClH.V/c1-23(2,3)21-12-10-18-16(21)14-8-7-9-15(20-14)17-19-11-13-22(17)24(4,5)6;;;;/h7-13H,1-6H3;3*1H;/q;;;;+3/p-3. The molecule has 3 aromatic rings. The molecular weight excluding hydrogens is 488 g/mol. The van der Waals surface area contributed by atoms with E-state index < -0.39 is 16.5 Å². The maximum Gasteiger partial charge on any atom is 3.00 e. The molecule has 0 fully saturated rings. The van der Waals surface area contributed by atoms with Gasteiger partial charge in [0.2, 0.25) is 0 Å². The average molecular weight is 513 g/mol. The number of hydrogen-bond acceptors (Lipinski definition) is 3. The van der Waals surface area contributed by atoms with Gasteiger partial charge in [-0.3, -0.25) is 0 Å². The first-order valence-electron chi connectivity index (χ1n) is 8.23. The molecule has 152 valence electrons. The van der Waals surface area contributed by atoms with E-state index in [9.17, 15) is 0 Å². The van der Waals surface area contributed by atoms with E-state index in [0.717, 1.165) is 23.0 Å². The number of nitrogens with zero attached hydrogens (tertiary/aromatic N) is 5. The summed E-state index contributed by atoms with van der Waals surface area (Å²) in [5.74, 6) is 1.89. The minimum atomic E-state index is -1.53. The first kappa shape index (κ1) is 29.7. The monoisotopic (exact) mass is 511 g/mol. The zero-order valence-electron chi connectivity index (χ0n) is 16.9. The zero-order valence-corrected chi connectivity index (χ0v) is 22.5. The van der Waals surface area contributed by atoms with Crippen molar-refractivity contribution in [2.45, 2.75) is 39.3 Å². The maximum atomic E-state index is 4.88. The molecule has 0 amide bonds. The predicted molar refractivity (Wildman–Crippen MR) is 104 cm³/mol. The molecule has 3 heterocycles. The van der Waals surface area contributed by atoms with Crippen LogP contribution in [0.25, 0.3) is 23.0 Å². The van der Waals surface area contributed by atoms with Crippen molar-refractivity contribution in [1.29, 1.82) is 0 Å². The molecule has 3 aromatic heterocycles. The van der Waals surface area contributed by atoms with Crippen molar-refractivity contribution in [2.75, 3.05) is 0 Å². The van der Waals surface area contributed by atoms with Gasteiger partial charge in [-0.1, -0.05) is 45.3 Å². The Hall–Kier alpha value is -0.542. The van der Waals surface area contributed by atoms with E-state index in [4.69, 9.17) is 4.98 Å². The quantitative estimate of drug-likeness (QED) is 0.330. The van der Waals surface area contributed by atoms with Crippen LogP contribution in [0.2, 0.25) is 39.3 Å². The van der Waals surface area contributed by atoms with Crippen LogP contribution in [0, 0.1) is 0 Å². The molecule has 0 unspecified atom stereocenters. The molecule has 0 saturated carbocycles. The van der Waals surface area contributed by atoms with Gasteiger partial charge in [0.15, 0.2) is 28.1 Å². The van der Waals surface area contributed by atoms with Gasteiger partial charge in [0.25, 0.3) is 0 Å². The maximum absolute atomic E-state index is 4.88. The fourth-order valence-electron chi connectivity index (χ4n) is 2.75. The largest absolute Gasteiger partial charge is 3.00 e. The molecule has 0 aliphatic heterocycles. The Bertz CT molecular complexity index is 805. The average Bonchev–Trinajstić information content (AvgIpc) is 3.15. The second-order valence-electron chi connectivity index (χ2n) is 7.99. The molecule has 0 radical (unpaired) electrons. The number of aromatic nitrogens is 5. The first-order chi connectivity index (χ1) is 11.2. The molecule has 0 spiro atoms. The van der Waals surface area contributed by atoms with Crippen molar-refractivity contribution in [3.05, 3.63) is 43.0 Å². The minimum Gasteiger partial charge on any atom is -1.00 e. The number of rotatable bonds is 4. The second kappa shape index (κ2) is 11.0. The molecular formula is C17H25Cl3N5Si2V. The molecule has 0 aliphatic rings. The number of pyridine rings is 1. The van der Waals surface area contributed by atoms with Crippen LogP contribution in [0.4, 0.5) is 0 Å². The van der Waals surface area contributed by atoms with Crippen LogP contribution in [-0.2, 0) is 18.6 Å². The van der Waals surface area contributed by atoms with E-state index in [0.29, 0.717) is 0 Å². The Kier molecular flexibility index (Phi) is 11.7. The fraction of sp³-hybridized carbons (Fsp3) is 0.353. The summed E-state index contributed by atoms with van der Waals surface area (Å²) in [7, 11) is -3.07. The van der Waals surface area contributed by atoms with Crippen LogP contribution in [0.5, 0.6) is 0 Å². The van der Waals surface area contributed by atoms with Crippen LogP contribution < -0.4 is 37.2 Å². The van der Waals surface area contributed by atoms with Crippen molar-refractivity contribution in [2.24, 2.45) is 0 Å². The van der Waals surface area contributed by atoms with Crippen LogP contribution in [0.3, 0.4) is 0 Å². The van der Waals surface area contributed by atoms with E-state index >= 15 is 0 Å². The molecule has 0 atom stereocenters. The molecule has 0 aliphatic carbocycles. The molecule has 0 bridgehead atoms. The SMILES string of the molecule is C[Si](C)(C)n1ccnc1-c1cccc(-c2nccn2[Si](C)(C)C)n1.[Cl-].[Cl-].[Cl-].[V+3]. The van der Waals surface area contributed by atoms with E-state index in [2.05, 4.69) is 70.1 Å². The van der Waals surface area contributed by atoms with E-state index in [1.807, 2.05) is 30.6 Å². The minimum absolute atomic E-state index is 0. The van der Waals surface area contributed by atoms with Crippen LogP contribution in [-0.4, -0.2) is 39.9 Å². The molecule has 0 aromatic carbocycles. The normalized spacial score (nSPS) is 10.8. The van der Waals surface area contributed by atoms with Crippen LogP contribution in [0.15, 0.2) is 43.0 Å². The summed E-state index contributed by atoms with van der Waals surface area (Å²) in [6.07, 6.45) is 7.87. The summed E-state index contributed by atoms with van der Waals surface area (Å²) in [6.45, 7) is 13.8. The van der Waals surface area contributed by atoms with E-state index in [1.165, 1.54) is 0 Å². The van der Waals surface area contributed by atoms with E-state index in [-0.39, 0.29) is 55.8 Å².